The summed E-state index contributed by atoms with van der Waals surface area (Å²) in [6, 6.07) is 0. The zero-order chi connectivity index (χ0) is 13.1. The largest absolute Gasteiger partial charge is 0.550 e. The Balaban J connectivity index is 3.09. The summed E-state index contributed by atoms with van der Waals surface area (Å²) in [6.45, 7) is 0. The average Bonchev–Trinajstić information content (AvgIpc) is 2.18. The summed E-state index contributed by atoms with van der Waals surface area (Å²) < 4.78 is 10.5. The van der Waals surface area contributed by atoms with Crippen LogP contribution < -0.4 is 5.11 Å². The van der Waals surface area contributed by atoms with Crippen LogP contribution in [-0.2, 0) is 9.36 Å². The highest BCUT2D eigenvalue weighted by atomic mass is 31.2. The van der Waals surface area contributed by atoms with E-state index in [2.05, 4.69) is 0 Å². The van der Waals surface area contributed by atoms with Gasteiger partial charge in [0.05, 0.1) is 0 Å². The number of aliphatic carboxylic acids is 1. The van der Waals surface area contributed by atoms with Crippen LogP contribution in [0.2, 0.25) is 0 Å². The maximum absolute atomic E-state index is 10.5. The molecule has 0 fully saturated rings. The van der Waals surface area contributed by atoms with Gasteiger partial charge in [-0.2, -0.15) is 0 Å². The predicted molar refractivity (Wildman–Crippen MR) is 63.5 cm³/mol. The van der Waals surface area contributed by atoms with Crippen LogP contribution in [0.4, 0.5) is 0 Å². The molecule has 0 aliphatic rings. The molecule has 102 valence electrons. The van der Waals surface area contributed by atoms with Crippen LogP contribution in [0.5, 0.6) is 0 Å². The Kier molecular flexibility index (Phi) is 9.41. The predicted octanol–water partition coefficient (Wildman–Crippen LogP) is 1.42. The molecule has 6 heteroatoms. The molecule has 0 aromatic rings. The first-order valence-corrected chi connectivity index (χ1v) is 7.96. The van der Waals surface area contributed by atoms with Gasteiger partial charge in [-0.1, -0.05) is 38.5 Å². The molecular formula is C11H22O5P-. The minimum atomic E-state index is -3.81. The lowest BCUT2D eigenvalue weighted by Crippen LogP contribution is -2.21. The Morgan fingerprint density at radius 3 is 1.71 bits per heavy atom. The third kappa shape index (κ3) is 15.6. The molecule has 0 aliphatic carbocycles. The number of hydrogen-bond acceptors (Lipinski definition) is 3. The van der Waals surface area contributed by atoms with E-state index in [0.29, 0.717) is 12.8 Å². The summed E-state index contributed by atoms with van der Waals surface area (Å²) in [5.74, 6) is -0.984. The number of rotatable bonds is 11. The van der Waals surface area contributed by atoms with Crippen molar-refractivity contribution in [1.29, 1.82) is 0 Å². The summed E-state index contributed by atoms with van der Waals surface area (Å²) in [6.07, 6.45) is 7.26. The SMILES string of the molecule is O=C([O-])CCCCCCCCCCP(=O)(O)O. The number of carboxylic acids is 1. The fraction of sp³-hybridized carbons (Fsp3) is 0.909. The number of carbonyl (C=O) groups excluding carboxylic acids is 1. The molecule has 0 heterocycles. The van der Waals surface area contributed by atoms with Gasteiger partial charge in [0.15, 0.2) is 0 Å². The second-order valence-electron chi connectivity index (χ2n) is 4.34. The van der Waals surface area contributed by atoms with Crippen molar-refractivity contribution >= 4 is 13.6 Å². The average molecular weight is 265 g/mol. The summed E-state index contributed by atoms with van der Waals surface area (Å²) in [5.41, 5.74) is 0. The van der Waals surface area contributed by atoms with Crippen molar-refractivity contribution in [1.82, 2.24) is 0 Å². The van der Waals surface area contributed by atoms with E-state index in [1.165, 1.54) is 0 Å². The molecule has 0 rings (SSSR count). The standard InChI is InChI=1S/C11H23O5P/c12-11(13)9-7-5-3-1-2-4-6-8-10-17(14,15)16/h1-10H2,(H,12,13)(H2,14,15,16)/p-1. The number of unbranched alkanes of at least 4 members (excludes halogenated alkanes) is 7. The molecule has 0 aromatic carbocycles. The van der Waals surface area contributed by atoms with E-state index in [1.807, 2.05) is 0 Å². The van der Waals surface area contributed by atoms with Gasteiger partial charge < -0.3 is 19.7 Å². The fourth-order valence-electron chi connectivity index (χ4n) is 1.65. The molecule has 0 saturated carbocycles. The highest BCUT2D eigenvalue weighted by Gasteiger charge is 2.10. The summed E-state index contributed by atoms with van der Waals surface area (Å²) in [5, 5.41) is 10.1. The van der Waals surface area contributed by atoms with E-state index in [4.69, 9.17) is 9.79 Å². The monoisotopic (exact) mass is 265 g/mol. The van der Waals surface area contributed by atoms with Gasteiger partial charge in [-0.05, 0) is 19.3 Å². The van der Waals surface area contributed by atoms with E-state index in [1.54, 1.807) is 0 Å². The molecule has 0 atom stereocenters. The Labute approximate surface area is 102 Å². The van der Waals surface area contributed by atoms with E-state index < -0.39 is 13.6 Å². The van der Waals surface area contributed by atoms with Crippen LogP contribution in [0.25, 0.3) is 0 Å². The maximum Gasteiger partial charge on any atom is 0.325 e. The lowest BCUT2D eigenvalue weighted by atomic mass is 10.1. The third-order valence-corrected chi connectivity index (χ3v) is 3.48. The van der Waals surface area contributed by atoms with Crippen LogP contribution in [0.3, 0.4) is 0 Å². The van der Waals surface area contributed by atoms with Crippen molar-refractivity contribution in [2.75, 3.05) is 6.16 Å². The molecule has 0 spiro atoms. The molecule has 0 unspecified atom stereocenters. The molecule has 0 aromatic heterocycles. The molecule has 0 aliphatic heterocycles. The van der Waals surface area contributed by atoms with Gasteiger partial charge in [0.25, 0.3) is 0 Å². The van der Waals surface area contributed by atoms with Crippen LogP contribution in [0, 0.1) is 0 Å². The van der Waals surface area contributed by atoms with Crippen LogP contribution in [-0.4, -0.2) is 21.9 Å². The maximum atomic E-state index is 10.5. The van der Waals surface area contributed by atoms with Gasteiger partial charge in [-0.3, -0.25) is 4.57 Å². The molecule has 0 amide bonds. The summed E-state index contributed by atoms with van der Waals surface area (Å²) in [4.78, 5) is 27.4. The van der Waals surface area contributed by atoms with Crippen LogP contribution >= 0.6 is 7.60 Å². The quantitative estimate of drug-likeness (QED) is 0.435. The topological polar surface area (TPSA) is 97.7 Å². The summed E-state index contributed by atoms with van der Waals surface area (Å²) >= 11 is 0. The fourth-order valence-corrected chi connectivity index (χ4v) is 2.28. The Morgan fingerprint density at radius 1 is 0.882 bits per heavy atom. The van der Waals surface area contributed by atoms with Crippen LogP contribution in [0.1, 0.15) is 57.8 Å². The van der Waals surface area contributed by atoms with E-state index in [9.17, 15) is 14.5 Å². The van der Waals surface area contributed by atoms with Gasteiger partial charge in [0.1, 0.15) is 0 Å². The minimum Gasteiger partial charge on any atom is -0.550 e. The second-order valence-corrected chi connectivity index (χ2v) is 6.12. The zero-order valence-corrected chi connectivity index (χ0v) is 11.0. The molecule has 0 radical (unpaired) electrons. The molecule has 0 saturated heterocycles. The minimum absolute atomic E-state index is 0.0153. The molecular weight excluding hydrogens is 243 g/mol. The smallest absolute Gasteiger partial charge is 0.325 e. The van der Waals surface area contributed by atoms with Gasteiger partial charge in [-0.25, -0.2) is 0 Å². The number of carboxylic acid groups (broad SMARTS) is 1. The Hall–Kier alpha value is -0.380. The van der Waals surface area contributed by atoms with Gasteiger partial charge in [0, 0.05) is 12.1 Å². The molecule has 2 N–H and O–H groups in total. The highest BCUT2D eigenvalue weighted by molar-refractivity contribution is 7.51. The van der Waals surface area contributed by atoms with Crippen molar-refractivity contribution in [3.8, 4) is 0 Å². The lowest BCUT2D eigenvalue weighted by Gasteiger charge is -2.04. The van der Waals surface area contributed by atoms with E-state index >= 15 is 0 Å². The van der Waals surface area contributed by atoms with E-state index in [-0.39, 0.29) is 12.6 Å². The van der Waals surface area contributed by atoms with Crippen molar-refractivity contribution in [2.45, 2.75) is 57.8 Å². The first-order chi connectivity index (χ1) is 7.92. The van der Waals surface area contributed by atoms with Crippen molar-refractivity contribution in [2.24, 2.45) is 0 Å². The second kappa shape index (κ2) is 9.63. The highest BCUT2D eigenvalue weighted by Crippen LogP contribution is 2.35. The van der Waals surface area contributed by atoms with Gasteiger partial charge >= 0.3 is 7.60 Å². The lowest BCUT2D eigenvalue weighted by molar-refractivity contribution is -0.305. The van der Waals surface area contributed by atoms with E-state index in [0.717, 1.165) is 38.5 Å². The van der Waals surface area contributed by atoms with Gasteiger partial charge in [0.2, 0.25) is 0 Å². The van der Waals surface area contributed by atoms with Gasteiger partial charge in [-0.15, -0.1) is 0 Å². The summed E-state index contributed by atoms with van der Waals surface area (Å²) in [7, 11) is -3.81. The molecule has 0 bridgehead atoms. The Bertz CT molecular complexity index is 248. The molecule has 5 nitrogen and oxygen atoms in total. The van der Waals surface area contributed by atoms with Crippen molar-refractivity contribution < 1.29 is 24.3 Å². The zero-order valence-electron chi connectivity index (χ0n) is 10.1. The number of carbonyl (C=O) groups is 1. The third-order valence-electron chi connectivity index (χ3n) is 2.58. The first-order valence-electron chi connectivity index (χ1n) is 6.16. The number of hydrogen-bond donors (Lipinski definition) is 2. The normalized spacial score (nSPS) is 11.6. The molecule has 17 heavy (non-hydrogen) atoms. The van der Waals surface area contributed by atoms with Crippen LogP contribution in [0.15, 0.2) is 0 Å². The Morgan fingerprint density at radius 2 is 1.29 bits per heavy atom. The van der Waals surface area contributed by atoms with Crippen molar-refractivity contribution in [3.63, 3.8) is 0 Å². The van der Waals surface area contributed by atoms with Crippen molar-refractivity contribution in [3.05, 3.63) is 0 Å². The first kappa shape index (κ1) is 16.6.